The lowest BCUT2D eigenvalue weighted by Gasteiger charge is -2.44. The van der Waals surface area contributed by atoms with Crippen LogP contribution in [0.15, 0.2) is 48.5 Å². The van der Waals surface area contributed by atoms with Crippen LogP contribution in [0.5, 0.6) is 5.75 Å². The number of nitrogens with two attached hydrogens (primary N) is 1. The Morgan fingerprint density at radius 1 is 1.13 bits per heavy atom. The summed E-state index contributed by atoms with van der Waals surface area (Å²) in [5, 5.41) is 13.5. The summed E-state index contributed by atoms with van der Waals surface area (Å²) in [6.07, 6.45) is 1.87. The van der Waals surface area contributed by atoms with Crippen molar-refractivity contribution in [3.8, 4) is 5.75 Å². The second-order valence-electron chi connectivity index (χ2n) is 8.20. The number of fused-ring (bicyclic) bond motifs is 2. The molecule has 0 bridgehead atoms. The molecule has 0 radical (unpaired) electrons. The lowest BCUT2D eigenvalue weighted by Crippen LogP contribution is -2.59. The predicted molar refractivity (Wildman–Crippen MR) is 110 cm³/mol. The van der Waals surface area contributed by atoms with Crippen molar-refractivity contribution in [1.29, 1.82) is 0 Å². The number of carboxylic acid groups (broad SMARTS) is 1. The zero-order valence-corrected chi connectivity index (χ0v) is 16.7. The molecular formula is C23H23FN2O5. The van der Waals surface area contributed by atoms with E-state index in [1.54, 1.807) is 6.07 Å². The molecule has 31 heavy (non-hydrogen) atoms. The number of esters is 1. The van der Waals surface area contributed by atoms with E-state index >= 15 is 0 Å². The summed E-state index contributed by atoms with van der Waals surface area (Å²) in [7, 11) is 0. The summed E-state index contributed by atoms with van der Waals surface area (Å²) in [6, 6.07) is 12.0. The Morgan fingerprint density at radius 2 is 1.84 bits per heavy atom. The number of halogens is 1. The van der Waals surface area contributed by atoms with Crippen molar-refractivity contribution in [3.05, 3.63) is 59.9 Å². The van der Waals surface area contributed by atoms with Crippen molar-refractivity contribution in [2.45, 2.75) is 43.2 Å². The highest BCUT2D eigenvalue weighted by atomic mass is 19.1. The number of aliphatic carboxylic acids is 1. The monoisotopic (exact) mass is 426 g/mol. The maximum atomic E-state index is 13.0. The SMILES string of the molecule is NC(CC(=O)C(=O)Oc1ccc(F)cc1)(C(=O)O)C1c2ccccc2N[C@@H]2CCC[C@H]12. The molecule has 4 atom stereocenters. The van der Waals surface area contributed by atoms with E-state index in [0.29, 0.717) is 0 Å². The minimum atomic E-state index is -1.98. The van der Waals surface area contributed by atoms with E-state index in [-0.39, 0.29) is 17.7 Å². The van der Waals surface area contributed by atoms with E-state index in [9.17, 15) is 23.9 Å². The third-order valence-corrected chi connectivity index (χ3v) is 6.29. The first kappa shape index (κ1) is 21.0. The molecule has 8 heteroatoms. The molecule has 1 saturated carbocycles. The number of hydrogen-bond acceptors (Lipinski definition) is 6. The van der Waals surface area contributed by atoms with Crippen molar-refractivity contribution in [1.82, 2.24) is 0 Å². The van der Waals surface area contributed by atoms with Crippen LogP contribution < -0.4 is 15.8 Å². The number of nitrogens with one attached hydrogen (secondary N) is 1. The number of hydrogen-bond donors (Lipinski definition) is 3. The molecule has 0 saturated heterocycles. The molecule has 0 amide bonds. The van der Waals surface area contributed by atoms with E-state index in [1.807, 2.05) is 18.2 Å². The standard InChI is InChI=1S/C23H23FN2O5/c24-13-8-10-14(11-9-13)31-21(28)19(27)12-23(25,22(29)30)20-15-4-1-2-6-17(15)26-18-7-3-5-16(18)20/h1-2,4,6,8-11,16,18,20,26H,3,5,7,12,25H2,(H,29,30)/t16-,18+,20?,23?/m0/s1. The van der Waals surface area contributed by atoms with E-state index in [4.69, 9.17) is 10.5 Å². The Kier molecular flexibility index (Phi) is 5.49. The van der Waals surface area contributed by atoms with Crippen molar-refractivity contribution < 1.29 is 28.6 Å². The van der Waals surface area contributed by atoms with Crippen LogP contribution >= 0.6 is 0 Å². The Hall–Kier alpha value is -3.26. The van der Waals surface area contributed by atoms with Gasteiger partial charge in [-0.25, -0.2) is 9.18 Å². The Morgan fingerprint density at radius 3 is 2.55 bits per heavy atom. The summed E-state index contributed by atoms with van der Waals surface area (Å²) in [4.78, 5) is 37.4. The molecule has 0 aromatic heterocycles. The maximum absolute atomic E-state index is 13.0. The maximum Gasteiger partial charge on any atom is 0.380 e. The van der Waals surface area contributed by atoms with Gasteiger partial charge in [-0.2, -0.15) is 0 Å². The van der Waals surface area contributed by atoms with E-state index in [1.165, 1.54) is 12.1 Å². The molecule has 162 valence electrons. The van der Waals surface area contributed by atoms with E-state index < -0.39 is 41.4 Å². The van der Waals surface area contributed by atoms with Crippen LogP contribution in [0, 0.1) is 11.7 Å². The van der Waals surface area contributed by atoms with E-state index in [0.717, 1.165) is 42.6 Å². The van der Waals surface area contributed by atoms with Crippen LogP contribution in [0.2, 0.25) is 0 Å². The van der Waals surface area contributed by atoms with Gasteiger partial charge in [-0.05, 0) is 54.7 Å². The third-order valence-electron chi connectivity index (χ3n) is 6.29. The molecule has 2 aromatic rings. The number of anilines is 1. The van der Waals surface area contributed by atoms with Gasteiger partial charge < -0.3 is 20.9 Å². The molecule has 7 nitrogen and oxygen atoms in total. The molecule has 1 heterocycles. The smallest absolute Gasteiger partial charge is 0.380 e. The molecular weight excluding hydrogens is 403 g/mol. The normalized spacial score (nSPS) is 23.6. The number of para-hydroxylation sites is 1. The highest BCUT2D eigenvalue weighted by Crippen LogP contribution is 2.50. The summed E-state index contributed by atoms with van der Waals surface area (Å²) in [5.74, 6) is -4.86. The van der Waals surface area contributed by atoms with Crippen molar-refractivity contribution >= 4 is 23.4 Å². The predicted octanol–water partition coefficient (Wildman–Crippen LogP) is 2.85. The second-order valence-corrected chi connectivity index (χ2v) is 8.20. The van der Waals surface area contributed by atoms with Crippen LogP contribution in [0.4, 0.5) is 10.1 Å². The van der Waals surface area contributed by atoms with Crippen molar-refractivity contribution in [3.63, 3.8) is 0 Å². The van der Waals surface area contributed by atoms with Crippen LogP contribution in [0.1, 0.15) is 37.2 Å². The van der Waals surface area contributed by atoms with Gasteiger partial charge >= 0.3 is 11.9 Å². The largest absolute Gasteiger partial charge is 0.480 e. The zero-order chi connectivity index (χ0) is 22.2. The van der Waals surface area contributed by atoms with Gasteiger partial charge in [0.1, 0.15) is 17.1 Å². The minimum absolute atomic E-state index is 0.0132. The third kappa shape index (κ3) is 3.90. The molecule has 2 unspecified atom stereocenters. The Bertz CT molecular complexity index is 1020. The number of carbonyl (C=O) groups excluding carboxylic acids is 2. The van der Waals surface area contributed by atoms with Crippen LogP contribution in [0.25, 0.3) is 0 Å². The first-order valence-electron chi connectivity index (χ1n) is 10.2. The molecule has 1 aliphatic heterocycles. The van der Waals surface area contributed by atoms with Gasteiger partial charge in [-0.3, -0.25) is 9.59 Å². The van der Waals surface area contributed by atoms with Gasteiger partial charge in [0.05, 0.1) is 0 Å². The van der Waals surface area contributed by atoms with Crippen LogP contribution in [-0.4, -0.2) is 34.4 Å². The van der Waals surface area contributed by atoms with Crippen LogP contribution in [0.3, 0.4) is 0 Å². The van der Waals surface area contributed by atoms with Gasteiger partial charge in [0.2, 0.25) is 5.78 Å². The molecule has 1 aliphatic carbocycles. The number of Topliss-reactive ketones (excluding diaryl/α,β-unsaturated/α-hetero) is 1. The van der Waals surface area contributed by atoms with Gasteiger partial charge in [0.25, 0.3) is 0 Å². The average molecular weight is 426 g/mol. The fraction of sp³-hybridized carbons (Fsp3) is 0.348. The molecule has 4 N–H and O–H groups in total. The average Bonchev–Trinajstić information content (AvgIpc) is 3.21. The second kappa shape index (κ2) is 8.11. The number of ether oxygens (including phenoxy) is 1. The number of carboxylic acids is 1. The van der Waals surface area contributed by atoms with E-state index in [2.05, 4.69) is 5.32 Å². The number of carbonyl (C=O) groups is 3. The fourth-order valence-corrected chi connectivity index (χ4v) is 4.88. The quantitative estimate of drug-likeness (QED) is 0.369. The molecule has 2 aromatic carbocycles. The molecule has 4 rings (SSSR count). The molecule has 0 spiro atoms. The number of benzene rings is 2. The number of ketones is 1. The Balaban J connectivity index is 1.62. The Labute approximate surface area is 178 Å². The number of rotatable bonds is 6. The first-order valence-corrected chi connectivity index (χ1v) is 10.2. The van der Waals surface area contributed by atoms with Gasteiger partial charge in [0.15, 0.2) is 0 Å². The summed E-state index contributed by atoms with van der Waals surface area (Å²) in [5.41, 5.74) is 5.98. The lowest BCUT2D eigenvalue weighted by molar-refractivity contribution is -0.152. The molecule has 2 aliphatic rings. The van der Waals surface area contributed by atoms with Gasteiger partial charge in [-0.15, -0.1) is 0 Å². The summed E-state index contributed by atoms with van der Waals surface area (Å²) < 4.78 is 18.0. The highest BCUT2D eigenvalue weighted by Gasteiger charge is 2.54. The van der Waals surface area contributed by atoms with Gasteiger partial charge in [0, 0.05) is 24.1 Å². The van der Waals surface area contributed by atoms with Gasteiger partial charge in [-0.1, -0.05) is 24.6 Å². The van der Waals surface area contributed by atoms with Crippen molar-refractivity contribution in [2.24, 2.45) is 11.7 Å². The summed E-state index contributed by atoms with van der Waals surface area (Å²) >= 11 is 0. The molecule has 1 fully saturated rings. The van der Waals surface area contributed by atoms with Crippen LogP contribution in [-0.2, 0) is 14.4 Å². The highest BCUT2D eigenvalue weighted by molar-refractivity contribution is 6.35. The summed E-state index contributed by atoms with van der Waals surface area (Å²) in [6.45, 7) is 0. The minimum Gasteiger partial charge on any atom is -0.480 e. The fourth-order valence-electron chi connectivity index (χ4n) is 4.88. The first-order chi connectivity index (χ1) is 14.8. The topological polar surface area (TPSA) is 119 Å². The lowest BCUT2D eigenvalue weighted by atomic mass is 9.66. The van der Waals surface area contributed by atoms with Crippen molar-refractivity contribution in [2.75, 3.05) is 5.32 Å². The zero-order valence-electron chi connectivity index (χ0n) is 16.7.